The first-order chi connectivity index (χ1) is 14.1. The van der Waals surface area contributed by atoms with Crippen LogP contribution >= 0.6 is 0 Å². The van der Waals surface area contributed by atoms with Crippen molar-refractivity contribution in [2.75, 3.05) is 18.0 Å². The molecule has 1 heterocycles. The van der Waals surface area contributed by atoms with Gasteiger partial charge in [0, 0.05) is 19.2 Å². The molecule has 1 aliphatic rings. The Kier molecular flexibility index (Phi) is 5.43. The molecule has 1 aliphatic heterocycles. The lowest BCUT2D eigenvalue weighted by molar-refractivity contribution is -0.137. The van der Waals surface area contributed by atoms with E-state index in [-0.39, 0.29) is 24.4 Å². The maximum absolute atomic E-state index is 12.9. The van der Waals surface area contributed by atoms with Crippen LogP contribution in [0.3, 0.4) is 0 Å². The van der Waals surface area contributed by atoms with Crippen LogP contribution in [-0.2, 0) is 16.0 Å². The maximum atomic E-state index is 12.9. The van der Waals surface area contributed by atoms with Gasteiger partial charge >= 0.3 is 0 Å². The molecule has 0 spiro atoms. The van der Waals surface area contributed by atoms with Gasteiger partial charge in [-0.05, 0) is 35.2 Å². The molecule has 29 heavy (non-hydrogen) atoms. The number of hydrogen-bond acceptors (Lipinski definition) is 2. The number of hydrogen-bond donors (Lipinski definition) is 0. The van der Waals surface area contributed by atoms with E-state index in [1.807, 2.05) is 53.4 Å². The van der Waals surface area contributed by atoms with E-state index in [1.54, 1.807) is 4.90 Å². The van der Waals surface area contributed by atoms with Crippen molar-refractivity contribution < 1.29 is 9.59 Å². The molecule has 1 saturated heterocycles. The molecule has 0 N–H and O–H groups in total. The van der Waals surface area contributed by atoms with E-state index in [0.29, 0.717) is 6.54 Å². The fourth-order valence-corrected chi connectivity index (χ4v) is 3.93. The predicted octanol–water partition coefficient (Wildman–Crippen LogP) is 4.16. The highest BCUT2D eigenvalue weighted by molar-refractivity contribution is 5.98. The Labute approximate surface area is 171 Å². The van der Waals surface area contributed by atoms with Gasteiger partial charge in [0.15, 0.2) is 0 Å². The molecular formula is C25H24N2O2. The summed E-state index contributed by atoms with van der Waals surface area (Å²) in [7, 11) is 0. The van der Waals surface area contributed by atoms with Gasteiger partial charge in [0.1, 0.15) is 6.54 Å². The van der Waals surface area contributed by atoms with Gasteiger partial charge in [-0.1, -0.05) is 72.8 Å². The zero-order chi connectivity index (χ0) is 20.2. The predicted molar refractivity (Wildman–Crippen MR) is 116 cm³/mol. The van der Waals surface area contributed by atoms with Crippen molar-refractivity contribution in [2.24, 2.45) is 0 Å². The van der Waals surface area contributed by atoms with Crippen LogP contribution in [0.2, 0.25) is 0 Å². The number of amides is 2. The van der Waals surface area contributed by atoms with Gasteiger partial charge in [-0.2, -0.15) is 0 Å². The molecule has 1 fully saturated rings. The second kappa shape index (κ2) is 8.31. The fourth-order valence-electron chi connectivity index (χ4n) is 3.93. The third-order valence-corrected chi connectivity index (χ3v) is 5.42. The Hall–Kier alpha value is -3.40. The van der Waals surface area contributed by atoms with Crippen LogP contribution in [-0.4, -0.2) is 35.8 Å². The summed E-state index contributed by atoms with van der Waals surface area (Å²) >= 11 is 0. The van der Waals surface area contributed by atoms with Crippen LogP contribution < -0.4 is 4.90 Å². The summed E-state index contributed by atoms with van der Waals surface area (Å²) in [5, 5.41) is 0. The fraction of sp³-hybridized carbons (Fsp3) is 0.200. The number of benzene rings is 3. The molecule has 4 rings (SSSR count). The Morgan fingerprint density at radius 1 is 0.897 bits per heavy atom. The van der Waals surface area contributed by atoms with Crippen molar-refractivity contribution in [3.05, 3.63) is 90.5 Å². The molecule has 3 aromatic rings. The lowest BCUT2D eigenvalue weighted by Crippen LogP contribution is -2.58. The average molecular weight is 384 g/mol. The van der Waals surface area contributed by atoms with E-state index in [1.165, 1.54) is 6.92 Å². The molecule has 0 aromatic heterocycles. The quantitative estimate of drug-likeness (QED) is 0.678. The number of rotatable bonds is 4. The van der Waals surface area contributed by atoms with Gasteiger partial charge in [-0.25, -0.2) is 0 Å². The van der Waals surface area contributed by atoms with E-state index in [0.717, 1.165) is 28.8 Å². The molecule has 0 bridgehead atoms. The van der Waals surface area contributed by atoms with Gasteiger partial charge in [0.05, 0.1) is 6.04 Å². The minimum atomic E-state index is -0.0584. The van der Waals surface area contributed by atoms with Gasteiger partial charge in [0.2, 0.25) is 11.8 Å². The molecule has 3 aromatic carbocycles. The zero-order valence-corrected chi connectivity index (χ0v) is 16.5. The first-order valence-electron chi connectivity index (χ1n) is 9.89. The number of carbonyl (C=O) groups excluding carboxylic acids is 2. The molecule has 0 unspecified atom stereocenters. The van der Waals surface area contributed by atoms with Crippen LogP contribution in [0.4, 0.5) is 5.69 Å². The third-order valence-electron chi connectivity index (χ3n) is 5.42. The number of piperazine rings is 1. The van der Waals surface area contributed by atoms with Crippen molar-refractivity contribution in [3.63, 3.8) is 0 Å². The molecular weight excluding hydrogens is 360 g/mol. The topological polar surface area (TPSA) is 40.6 Å². The van der Waals surface area contributed by atoms with Crippen LogP contribution in [0.15, 0.2) is 84.9 Å². The summed E-state index contributed by atoms with van der Waals surface area (Å²) in [5.74, 6) is -0.105. The third kappa shape index (κ3) is 4.21. The largest absolute Gasteiger partial charge is 0.328 e. The summed E-state index contributed by atoms with van der Waals surface area (Å²) in [4.78, 5) is 28.6. The smallest absolute Gasteiger partial charge is 0.246 e. The Balaban J connectivity index is 1.62. The second-order valence-electron chi connectivity index (χ2n) is 7.41. The monoisotopic (exact) mass is 384 g/mol. The lowest BCUT2D eigenvalue weighted by Gasteiger charge is -2.41. The highest BCUT2D eigenvalue weighted by atomic mass is 16.2. The number of anilines is 1. The van der Waals surface area contributed by atoms with Crippen molar-refractivity contribution >= 4 is 17.5 Å². The minimum Gasteiger partial charge on any atom is -0.328 e. The first-order valence-corrected chi connectivity index (χ1v) is 9.89. The Morgan fingerprint density at radius 2 is 1.55 bits per heavy atom. The second-order valence-corrected chi connectivity index (χ2v) is 7.41. The summed E-state index contributed by atoms with van der Waals surface area (Å²) in [6, 6.07) is 28.3. The van der Waals surface area contributed by atoms with Crippen molar-refractivity contribution in [3.8, 4) is 11.1 Å². The molecule has 1 atom stereocenters. The van der Waals surface area contributed by atoms with E-state index >= 15 is 0 Å². The number of carbonyl (C=O) groups is 2. The molecule has 4 nitrogen and oxygen atoms in total. The molecule has 146 valence electrons. The molecule has 0 radical (unpaired) electrons. The maximum Gasteiger partial charge on any atom is 0.246 e. The molecule has 0 aliphatic carbocycles. The number of nitrogens with zero attached hydrogens (tertiary/aromatic N) is 2. The van der Waals surface area contributed by atoms with Crippen molar-refractivity contribution in [1.29, 1.82) is 0 Å². The Morgan fingerprint density at radius 3 is 2.24 bits per heavy atom. The van der Waals surface area contributed by atoms with E-state index < -0.39 is 0 Å². The van der Waals surface area contributed by atoms with Crippen molar-refractivity contribution in [1.82, 2.24) is 4.90 Å². The first kappa shape index (κ1) is 18.9. The normalized spacial score (nSPS) is 16.7. The standard InChI is InChI=1S/C25H24N2O2/c1-19(28)26-18-25(29)27(17-24(26)15-20-9-4-2-5-10-20)23-14-8-13-22(16-23)21-11-6-3-7-12-21/h2-14,16,24H,15,17-18H2,1H3/t24-/m1/s1. The van der Waals surface area contributed by atoms with Crippen LogP contribution in [0.25, 0.3) is 11.1 Å². The summed E-state index contributed by atoms with van der Waals surface area (Å²) < 4.78 is 0. The summed E-state index contributed by atoms with van der Waals surface area (Å²) in [6.45, 7) is 2.14. The molecule has 0 saturated carbocycles. The average Bonchev–Trinajstić information content (AvgIpc) is 2.76. The van der Waals surface area contributed by atoms with E-state index in [2.05, 4.69) is 36.4 Å². The molecule has 4 heteroatoms. The van der Waals surface area contributed by atoms with Crippen LogP contribution in [0.5, 0.6) is 0 Å². The highest BCUT2D eigenvalue weighted by Crippen LogP contribution is 2.27. The SMILES string of the molecule is CC(=O)N1CC(=O)N(c2cccc(-c3ccccc3)c2)C[C@H]1Cc1ccccc1. The summed E-state index contributed by atoms with van der Waals surface area (Å²) in [6.07, 6.45) is 0.725. The van der Waals surface area contributed by atoms with Gasteiger partial charge in [-0.3, -0.25) is 9.59 Å². The Bertz CT molecular complexity index is 1000. The molecule has 2 amide bonds. The van der Waals surface area contributed by atoms with Gasteiger partial charge in [-0.15, -0.1) is 0 Å². The van der Waals surface area contributed by atoms with Gasteiger partial charge in [0.25, 0.3) is 0 Å². The van der Waals surface area contributed by atoms with E-state index in [4.69, 9.17) is 0 Å². The summed E-state index contributed by atoms with van der Waals surface area (Å²) in [5.41, 5.74) is 4.23. The zero-order valence-electron chi connectivity index (χ0n) is 16.5. The lowest BCUT2D eigenvalue weighted by atomic mass is 10.00. The minimum absolute atomic E-state index is 0.0466. The highest BCUT2D eigenvalue weighted by Gasteiger charge is 2.34. The van der Waals surface area contributed by atoms with Crippen molar-refractivity contribution in [2.45, 2.75) is 19.4 Å². The van der Waals surface area contributed by atoms with Crippen LogP contribution in [0.1, 0.15) is 12.5 Å². The van der Waals surface area contributed by atoms with Gasteiger partial charge < -0.3 is 9.80 Å². The van der Waals surface area contributed by atoms with E-state index in [9.17, 15) is 9.59 Å². The van der Waals surface area contributed by atoms with Crippen LogP contribution in [0, 0.1) is 0 Å².